The topological polar surface area (TPSA) is 62.3 Å². The number of rotatable bonds is 6. The van der Waals surface area contributed by atoms with Gasteiger partial charge in [-0.3, -0.25) is 0 Å². The number of methoxy groups -OCH3 is 2. The molecular formula is C15H21N3O2. The number of hydrogen-bond donors (Lipinski definition) is 1. The van der Waals surface area contributed by atoms with Crippen molar-refractivity contribution in [2.75, 3.05) is 26.6 Å². The second kappa shape index (κ2) is 4.98. The lowest BCUT2D eigenvalue weighted by Crippen LogP contribution is -2.15. The Hall–Kier alpha value is -1.75. The van der Waals surface area contributed by atoms with Gasteiger partial charge in [0.05, 0.1) is 18.1 Å². The van der Waals surface area contributed by atoms with E-state index in [4.69, 9.17) is 15.2 Å². The lowest BCUT2D eigenvalue weighted by molar-refractivity contribution is 0.167. The molecule has 20 heavy (non-hydrogen) atoms. The van der Waals surface area contributed by atoms with Gasteiger partial charge < -0.3 is 19.8 Å². The molecule has 0 unspecified atom stereocenters. The van der Waals surface area contributed by atoms with Crippen LogP contribution in [0.3, 0.4) is 0 Å². The van der Waals surface area contributed by atoms with E-state index in [-0.39, 0.29) is 0 Å². The number of nitrogens with zero attached hydrogens (tertiary/aromatic N) is 2. The summed E-state index contributed by atoms with van der Waals surface area (Å²) in [6.07, 6.45) is 3.55. The van der Waals surface area contributed by atoms with Gasteiger partial charge in [0, 0.05) is 26.3 Å². The Kier molecular flexibility index (Phi) is 3.30. The molecule has 0 saturated heterocycles. The van der Waals surface area contributed by atoms with Gasteiger partial charge in [0.1, 0.15) is 5.75 Å². The van der Waals surface area contributed by atoms with Gasteiger partial charge in [-0.05, 0) is 36.8 Å². The molecule has 3 rings (SSSR count). The molecular weight excluding hydrogens is 254 g/mol. The highest BCUT2D eigenvalue weighted by atomic mass is 16.5. The summed E-state index contributed by atoms with van der Waals surface area (Å²) in [5, 5.41) is 0. The Balaban J connectivity index is 1.92. The maximum atomic E-state index is 6.09. The van der Waals surface area contributed by atoms with E-state index in [1.165, 1.54) is 12.8 Å². The van der Waals surface area contributed by atoms with E-state index in [9.17, 15) is 0 Å². The fraction of sp³-hybridized carbons (Fsp3) is 0.533. The summed E-state index contributed by atoms with van der Waals surface area (Å²) in [4.78, 5) is 4.43. The van der Waals surface area contributed by atoms with E-state index in [1.54, 1.807) is 14.2 Å². The largest absolute Gasteiger partial charge is 0.497 e. The van der Waals surface area contributed by atoms with E-state index in [0.29, 0.717) is 11.4 Å². The number of aromatic nitrogens is 2. The van der Waals surface area contributed by atoms with Crippen molar-refractivity contribution in [1.29, 1.82) is 0 Å². The van der Waals surface area contributed by atoms with Crippen LogP contribution in [0, 0.1) is 5.41 Å². The summed E-state index contributed by atoms with van der Waals surface area (Å²) < 4.78 is 12.6. The lowest BCUT2D eigenvalue weighted by Gasteiger charge is -2.17. The average Bonchev–Trinajstić information content (AvgIpc) is 3.16. The zero-order chi connectivity index (χ0) is 14.2. The van der Waals surface area contributed by atoms with Crippen LogP contribution in [0.15, 0.2) is 18.2 Å². The molecule has 2 aromatic rings. The van der Waals surface area contributed by atoms with Crippen LogP contribution < -0.4 is 10.5 Å². The highest BCUT2D eigenvalue weighted by Gasteiger charge is 2.42. The highest BCUT2D eigenvalue weighted by Crippen LogP contribution is 2.51. The smallest absolute Gasteiger partial charge is 0.201 e. The fourth-order valence-electron chi connectivity index (χ4n) is 2.73. The molecule has 1 fully saturated rings. The van der Waals surface area contributed by atoms with Gasteiger partial charge in [0.15, 0.2) is 0 Å². The second-order valence-corrected chi connectivity index (χ2v) is 5.65. The normalized spacial score (nSPS) is 16.5. The van der Waals surface area contributed by atoms with Crippen LogP contribution in [0.1, 0.15) is 19.3 Å². The first-order chi connectivity index (χ1) is 9.67. The van der Waals surface area contributed by atoms with Crippen molar-refractivity contribution in [2.45, 2.75) is 25.8 Å². The SMILES string of the molecule is COCCC1(Cn2c(N)nc3ccc(OC)cc32)CC1. The number of anilines is 1. The molecule has 1 saturated carbocycles. The Bertz CT molecular complexity index is 617. The van der Waals surface area contributed by atoms with Crippen molar-refractivity contribution in [3.05, 3.63) is 18.2 Å². The molecule has 1 aliphatic rings. The molecule has 0 aliphatic heterocycles. The summed E-state index contributed by atoms with van der Waals surface area (Å²) in [5.74, 6) is 1.41. The molecule has 0 amide bonds. The lowest BCUT2D eigenvalue weighted by atomic mass is 10.0. The van der Waals surface area contributed by atoms with Crippen LogP contribution >= 0.6 is 0 Å². The zero-order valence-electron chi connectivity index (χ0n) is 12.1. The molecule has 0 bridgehead atoms. The van der Waals surface area contributed by atoms with Crippen molar-refractivity contribution in [1.82, 2.24) is 9.55 Å². The van der Waals surface area contributed by atoms with Crippen molar-refractivity contribution in [3.8, 4) is 5.75 Å². The van der Waals surface area contributed by atoms with Crippen LogP contribution in [-0.4, -0.2) is 30.4 Å². The van der Waals surface area contributed by atoms with Crippen LogP contribution in [0.25, 0.3) is 11.0 Å². The Morgan fingerprint density at radius 1 is 1.35 bits per heavy atom. The van der Waals surface area contributed by atoms with E-state index in [2.05, 4.69) is 9.55 Å². The van der Waals surface area contributed by atoms with Gasteiger partial charge in [-0.25, -0.2) is 4.98 Å². The van der Waals surface area contributed by atoms with Gasteiger partial charge in [-0.2, -0.15) is 0 Å². The van der Waals surface area contributed by atoms with Gasteiger partial charge in [0.2, 0.25) is 5.95 Å². The van der Waals surface area contributed by atoms with Crippen molar-refractivity contribution in [2.24, 2.45) is 5.41 Å². The molecule has 2 N–H and O–H groups in total. The standard InChI is InChI=1S/C15H21N3O2/c1-19-8-7-15(5-6-15)10-18-13-9-11(20-2)3-4-12(13)17-14(18)16/h3-4,9H,5-8,10H2,1-2H3,(H2,16,17). The van der Waals surface area contributed by atoms with E-state index >= 15 is 0 Å². The summed E-state index contributed by atoms with van der Waals surface area (Å²) in [7, 11) is 3.42. The monoisotopic (exact) mass is 275 g/mol. The second-order valence-electron chi connectivity index (χ2n) is 5.65. The fourth-order valence-corrected chi connectivity index (χ4v) is 2.73. The number of imidazole rings is 1. The zero-order valence-corrected chi connectivity index (χ0v) is 12.1. The molecule has 5 nitrogen and oxygen atoms in total. The summed E-state index contributed by atoms with van der Waals surface area (Å²) in [6.45, 7) is 1.71. The first kappa shape index (κ1) is 13.2. The summed E-state index contributed by atoms with van der Waals surface area (Å²) in [5.41, 5.74) is 8.39. The first-order valence-corrected chi connectivity index (χ1v) is 6.96. The van der Waals surface area contributed by atoms with Crippen LogP contribution in [0.4, 0.5) is 5.95 Å². The minimum atomic E-state index is 0.334. The maximum absolute atomic E-state index is 6.09. The third-order valence-corrected chi connectivity index (χ3v) is 4.27. The number of nitrogen functional groups attached to an aromatic ring is 1. The van der Waals surface area contributed by atoms with Gasteiger partial charge in [-0.15, -0.1) is 0 Å². The summed E-state index contributed by atoms with van der Waals surface area (Å²) in [6, 6.07) is 5.87. The molecule has 1 heterocycles. The maximum Gasteiger partial charge on any atom is 0.201 e. The molecule has 1 aromatic carbocycles. The summed E-state index contributed by atoms with van der Waals surface area (Å²) >= 11 is 0. The van der Waals surface area contributed by atoms with Crippen LogP contribution in [0.2, 0.25) is 0 Å². The molecule has 1 aliphatic carbocycles. The van der Waals surface area contributed by atoms with Gasteiger partial charge in [-0.1, -0.05) is 0 Å². The Labute approximate surface area is 118 Å². The van der Waals surface area contributed by atoms with Crippen LogP contribution in [-0.2, 0) is 11.3 Å². The van der Waals surface area contributed by atoms with E-state index in [0.717, 1.165) is 36.4 Å². The molecule has 0 spiro atoms. The quantitative estimate of drug-likeness (QED) is 0.879. The van der Waals surface area contributed by atoms with Crippen molar-refractivity contribution in [3.63, 3.8) is 0 Å². The van der Waals surface area contributed by atoms with Gasteiger partial charge >= 0.3 is 0 Å². The molecule has 5 heteroatoms. The number of nitrogens with two attached hydrogens (primary N) is 1. The highest BCUT2D eigenvalue weighted by molar-refractivity contribution is 5.80. The minimum Gasteiger partial charge on any atom is -0.497 e. The van der Waals surface area contributed by atoms with Gasteiger partial charge in [0.25, 0.3) is 0 Å². The molecule has 0 atom stereocenters. The van der Waals surface area contributed by atoms with Crippen LogP contribution in [0.5, 0.6) is 5.75 Å². The third-order valence-electron chi connectivity index (χ3n) is 4.27. The van der Waals surface area contributed by atoms with E-state index < -0.39 is 0 Å². The Morgan fingerprint density at radius 2 is 2.15 bits per heavy atom. The molecule has 108 valence electrons. The number of fused-ring (bicyclic) bond motifs is 1. The van der Waals surface area contributed by atoms with Crippen molar-refractivity contribution >= 4 is 17.0 Å². The third kappa shape index (κ3) is 2.33. The number of hydrogen-bond acceptors (Lipinski definition) is 4. The number of ether oxygens (including phenoxy) is 2. The first-order valence-electron chi connectivity index (χ1n) is 6.96. The predicted molar refractivity (Wildman–Crippen MR) is 78.9 cm³/mol. The average molecular weight is 275 g/mol. The Morgan fingerprint density at radius 3 is 2.80 bits per heavy atom. The minimum absolute atomic E-state index is 0.334. The van der Waals surface area contributed by atoms with Crippen molar-refractivity contribution < 1.29 is 9.47 Å². The predicted octanol–water partition coefficient (Wildman–Crippen LogP) is 2.44. The molecule has 1 aromatic heterocycles. The molecule has 0 radical (unpaired) electrons. The number of benzene rings is 1. The van der Waals surface area contributed by atoms with E-state index in [1.807, 2.05) is 18.2 Å².